The van der Waals surface area contributed by atoms with E-state index in [0.717, 1.165) is 5.56 Å². The van der Waals surface area contributed by atoms with Crippen LogP contribution in [0.15, 0.2) is 42.9 Å². The van der Waals surface area contributed by atoms with Crippen LogP contribution in [0.5, 0.6) is 0 Å². The molecule has 0 bridgehead atoms. The van der Waals surface area contributed by atoms with Crippen molar-refractivity contribution >= 4 is 35.0 Å². The molecule has 1 unspecified atom stereocenters. The Morgan fingerprint density at radius 1 is 1.22 bits per heavy atom. The lowest BCUT2D eigenvalue weighted by molar-refractivity contribution is -0.136. The molecule has 5 heterocycles. The fraction of sp³-hybridized carbons (Fsp3) is 0.217. The number of rotatable bonds is 4. The summed E-state index contributed by atoms with van der Waals surface area (Å²) >= 11 is 0. The zero-order valence-corrected chi connectivity index (χ0v) is 19.0. The Morgan fingerprint density at radius 2 is 2.08 bits per heavy atom. The third-order valence-corrected chi connectivity index (χ3v) is 6.31. The second-order valence-corrected chi connectivity index (χ2v) is 8.59. The normalized spacial score (nSPS) is 17.4. The van der Waals surface area contributed by atoms with Gasteiger partial charge in [-0.2, -0.15) is 5.10 Å². The number of hydrogen-bond acceptors (Lipinski definition) is 8. The zero-order valence-electron chi connectivity index (χ0n) is 19.0. The molecule has 180 valence electrons. The summed E-state index contributed by atoms with van der Waals surface area (Å²) in [7, 11) is 0. The maximum absolute atomic E-state index is 12.9. The van der Waals surface area contributed by atoms with Gasteiger partial charge in [-0.3, -0.25) is 24.5 Å². The van der Waals surface area contributed by atoms with Crippen LogP contribution < -0.4 is 10.6 Å². The Balaban J connectivity index is 1.22. The summed E-state index contributed by atoms with van der Waals surface area (Å²) in [4.78, 5) is 55.2. The molecular weight excluding hydrogens is 466 g/mol. The first-order chi connectivity index (χ1) is 17.4. The zero-order chi connectivity index (χ0) is 25.0. The molecule has 1 atom stereocenters. The van der Waals surface area contributed by atoms with E-state index in [1.54, 1.807) is 48.1 Å². The molecule has 2 aliphatic rings. The summed E-state index contributed by atoms with van der Waals surface area (Å²) in [5.41, 5.74) is 3.51. The molecule has 2 aliphatic heterocycles. The Bertz CT molecular complexity index is 1590. The van der Waals surface area contributed by atoms with E-state index in [0.29, 0.717) is 34.7 Å². The molecule has 1 saturated heterocycles. The average Bonchev–Trinajstić information content (AvgIpc) is 3.56. The SMILES string of the molecule is Cc1nn2cccnc2c1NC(=O)c1cn(-c2ccc3c(c2)CN(C2CCC(=O)NC2=O)C3=O)nn1. The minimum absolute atomic E-state index is 0.0893. The van der Waals surface area contributed by atoms with Gasteiger partial charge in [-0.1, -0.05) is 5.21 Å². The van der Waals surface area contributed by atoms with Crippen LogP contribution in [-0.2, 0) is 16.1 Å². The lowest BCUT2D eigenvalue weighted by Gasteiger charge is -2.29. The molecule has 4 amide bonds. The number of nitrogens with one attached hydrogen (secondary N) is 2. The molecule has 13 heteroatoms. The van der Waals surface area contributed by atoms with Gasteiger partial charge in [-0.15, -0.1) is 5.10 Å². The lowest BCUT2D eigenvalue weighted by Crippen LogP contribution is -2.52. The first kappa shape index (κ1) is 21.6. The van der Waals surface area contributed by atoms with Gasteiger partial charge >= 0.3 is 0 Å². The minimum Gasteiger partial charge on any atom is -0.322 e. The minimum atomic E-state index is -0.689. The van der Waals surface area contributed by atoms with E-state index in [9.17, 15) is 19.2 Å². The molecule has 2 N–H and O–H groups in total. The van der Waals surface area contributed by atoms with Gasteiger partial charge in [0.25, 0.3) is 11.8 Å². The van der Waals surface area contributed by atoms with E-state index in [1.165, 1.54) is 15.8 Å². The number of anilines is 1. The van der Waals surface area contributed by atoms with Crippen LogP contribution in [0.1, 0.15) is 44.9 Å². The van der Waals surface area contributed by atoms with E-state index in [-0.39, 0.29) is 30.5 Å². The molecule has 4 aromatic rings. The first-order valence-corrected chi connectivity index (χ1v) is 11.2. The predicted octanol–water partition coefficient (Wildman–Crippen LogP) is 0.632. The summed E-state index contributed by atoms with van der Waals surface area (Å²) in [6, 6.07) is 6.18. The molecule has 13 nitrogen and oxygen atoms in total. The van der Waals surface area contributed by atoms with Crippen LogP contribution in [0.3, 0.4) is 0 Å². The summed E-state index contributed by atoms with van der Waals surface area (Å²) in [5, 5.41) is 17.5. The summed E-state index contributed by atoms with van der Waals surface area (Å²) in [6.45, 7) is 2.00. The highest BCUT2D eigenvalue weighted by molar-refractivity contribution is 6.06. The fourth-order valence-electron chi connectivity index (χ4n) is 4.52. The molecular formula is C23H19N9O4. The Kier molecular flexibility index (Phi) is 4.84. The highest BCUT2D eigenvalue weighted by Crippen LogP contribution is 2.29. The number of hydrogen-bond donors (Lipinski definition) is 2. The lowest BCUT2D eigenvalue weighted by atomic mass is 10.0. The smallest absolute Gasteiger partial charge is 0.278 e. The van der Waals surface area contributed by atoms with Crippen molar-refractivity contribution < 1.29 is 19.2 Å². The largest absolute Gasteiger partial charge is 0.322 e. The molecule has 0 saturated carbocycles. The Hall–Kier alpha value is -4.94. The topological polar surface area (TPSA) is 156 Å². The Labute approximate surface area is 203 Å². The first-order valence-electron chi connectivity index (χ1n) is 11.2. The number of imide groups is 1. The standard InChI is InChI=1S/C23H19N9O4/c1-12-19(20-24-7-2-8-31(20)28-12)26-21(34)16-11-32(29-27-16)14-3-4-15-13(9-14)10-30(23(15)36)17-5-6-18(33)25-22(17)35/h2-4,7-9,11,17H,5-6,10H2,1H3,(H,26,34)(H,25,33,35). The van der Waals surface area contributed by atoms with Crippen molar-refractivity contribution in [2.75, 3.05) is 5.32 Å². The number of amides is 4. The third-order valence-electron chi connectivity index (χ3n) is 6.31. The molecule has 3 aromatic heterocycles. The molecule has 0 spiro atoms. The molecule has 0 radical (unpaired) electrons. The van der Waals surface area contributed by atoms with E-state index in [2.05, 4.69) is 31.0 Å². The van der Waals surface area contributed by atoms with Gasteiger partial charge in [0, 0.05) is 30.9 Å². The van der Waals surface area contributed by atoms with Crippen LogP contribution >= 0.6 is 0 Å². The van der Waals surface area contributed by atoms with E-state index >= 15 is 0 Å². The second-order valence-electron chi connectivity index (χ2n) is 8.59. The Morgan fingerprint density at radius 3 is 2.92 bits per heavy atom. The van der Waals surface area contributed by atoms with Crippen LogP contribution in [0.2, 0.25) is 0 Å². The number of carbonyl (C=O) groups excluding carboxylic acids is 4. The molecule has 0 aliphatic carbocycles. The predicted molar refractivity (Wildman–Crippen MR) is 123 cm³/mol. The summed E-state index contributed by atoms with van der Waals surface area (Å²) < 4.78 is 3.02. The van der Waals surface area contributed by atoms with Crippen LogP contribution in [0, 0.1) is 6.92 Å². The van der Waals surface area contributed by atoms with E-state index < -0.39 is 17.9 Å². The van der Waals surface area contributed by atoms with Crippen molar-refractivity contribution in [2.24, 2.45) is 0 Å². The van der Waals surface area contributed by atoms with Crippen molar-refractivity contribution in [3.63, 3.8) is 0 Å². The second kappa shape index (κ2) is 8.08. The number of aryl methyl sites for hydroxylation is 1. The van der Waals surface area contributed by atoms with Gasteiger partial charge < -0.3 is 10.2 Å². The number of benzene rings is 1. The van der Waals surface area contributed by atoms with Crippen molar-refractivity contribution in [1.29, 1.82) is 0 Å². The highest BCUT2D eigenvalue weighted by Gasteiger charge is 2.39. The molecule has 6 rings (SSSR count). The monoisotopic (exact) mass is 485 g/mol. The van der Waals surface area contributed by atoms with Crippen molar-refractivity contribution in [2.45, 2.75) is 32.4 Å². The number of fused-ring (bicyclic) bond motifs is 2. The van der Waals surface area contributed by atoms with Gasteiger partial charge in [0.15, 0.2) is 11.3 Å². The molecule has 1 aromatic carbocycles. The summed E-state index contributed by atoms with van der Waals surface area (Å²) in [6.07, 6.45) is 5.32. The van der Waals surface area contributed by atoms with Crippen molar-refractivity contribution in [3.8, 4) is 5.69 Å². The van der Waals surface area contributed by atoms with Gasteiger partial charge in [0.05, 0.1) is 17.6 Å². The quantitative estimate of drug-likeness (QED) is 0.399. The van der Waals surface area contributed by atoms with E-state index in [1.807, 2.05) is 0 Å². The molecule has 1 fully saturated rings. The highest BCUT2D eigenvalue weighted by atomic mass is 16.2. The number of aromatic nitrogens is 6. The van der Waals surface area contributed by atoms with Crippen LogP contribution in [-0.4, -0.2) is 64.2 Å². The maximum Gasteiger partial charge on any atom is 0.278 e. The van der Waals surface area contributed by atoms with Crippen molar-refractivity contribution in [3.05, 3.63) is 65.4 Å². The van der Waals surface area contributed by atoms with Crippen molar-refractivity contribution in [1.82, 2.24) is 39.8 Å². The van der Waals surface area contributed by atoms with Gasteiger partial charge in [-0.05, 0) is 43.2 Å². The average molecular weight is 485 g/mol. The number of carbonyl (C=O) groups is 4. The van der Waals surface area contributed by atoms with Gasteiger partial charge in [0.2, 0.25) is 11.8 Å². The van der Waals surface area contributed by atoms with Gasteiger partial charge in [-0.25, -0.2) is 14.2 Å². The van der Waals surface area contributed by atoms with Gasteiger partial charge in [0.1, 0.15) is 11.7 Å². The third kappa shape index (κ3) is 3.48. The van der Waals surface area contributed by atoms with Crippen LogP contribution in [0.4, 0.5) is 5.69 Å². The number of piperidine rings is 1. The van der Waals surface area contributed by atoms with E-state index in [4.69, 9.17) is 0 Å². The fourth-order valence-corrected chi connectivity index (χ4v) is 4.52. The summed E-state index contributed by atoms with van der Waals surface area (Å²) in [5.74, 6) is -1.52. The van der Waals surface area contributed by atoms with Crippen LogP contribution in [0.25, 0.3) is 11.3 Å². The molecule has 36 heavy (non-hydrogen) atoms. The number of nitrogens with zero attached hydrogens (tertiary/aromatic N) is 7. The maximum atomic E-state index is 12.9.